The minimum atomic E-state index is -3.67. The van der Waals surface area contributed by atoms with E-state index < -0.39 is 26.3 Å². The molecule has 140 valence electrons. The van der Waals surface area contributed by atoms with E-state index in [1.54, 1.807) is 19.9 Å². The van der Waals surface area contributed by atoms with Crippen molar-refractivity contribution in [3.8, 4) is 0 Å². The Kier molecular flexibility index (Phi) is 5.01. The minimum absolute atomic E-state index is 0.0210. The van der Waals surface area contributed by atoms with Gasteiger partial charge in [0.15, 0.2) is 9.84 Å². The number of benzene rings is 1. The molecule has 1 aliphatic rings. The van der Waals surface area contributed by atoms with Crippen molar-refractivity contribution in [1.29, 1.82) is 0 Å². The topological polar surface area (TPSA) is 50.3 Å². The summed E-state index contributed by atoms with van der Waals surface area (Å²) in [7, 11) is -3.67. The Bertz CT molecular complexity index is 875. The quantitative estimate of drug-likeness (QED) is 0.757. The molecule has 1 aromatic heterocycles. The van der Waals surface area contributed by atoms with Crippen LogP contribution >= 0.6 is 0 Å². The van der Waals surface area contributed by atoms with Crippen molar-refractivity contribution in [1.82, 2.24) is 4.98 Å². The second-order valence-electron chi connectivity index (χ2n) is 7.16. The van der Waals surface area contributed by atoms with E-state index in [-0.39, 0.29) is 10.8 Å². The maximum atomic E-state index is 13.5. The van der Waals surface area contributed by atoms with Crippen molar-refractivity contribution in [3.63, 3.8) is 0 Å². The largest absolute Gasteiger partial charge is 0.370 e. The van der Waals surface area contributed by atoms with E-state index in [1.165, 1.54) is 30.5 Å². The first-order chi connectivity index (χ1) is 12.2. The Morgan fingerprint density at radius 1 is 1.12 bits per heavy atom. The van der Waals surface area contributed by atoms with Crippen LogP contribution in [0.5, 0.6) is 0 Å². The molecule has 0 amide bonds. The molecule has 3 rings (SSSR count). The number of pyridine rings is 1. The van der Waals surface area contributed by atoms with Gasteiger partial charge in [-0.3, -0.25) is 0 Å². The van der Waals surface area contributed by atoms with Crippen molar-refractivity contribution in [2.75, 3.05) is 18.0 Å². The fourth-order valence-corrected chi connectivity index (χ4v) is 5.35. The molecule has 1 fully saturated rings. The predicted octanol–water partition coefficient (Wildman–Crippen LogP) is 3.83. The molecule has 0 N–H and O–H groups in total. The van der Waals surface area contributed by atoms with Crippen LogP contribution in [0.25, 0.3) is 0 Å². The van der Waals surface area contributed by atoms with Crippen LogP contribution in [0.1, 0.15) is 26.7 Å². The van der Waals surface area contributed by atoms with Crippen LogP contribution in [0.2, 0.25) is 0 Å². The number of rotatable bonds is 4. The second-order valence-corrected chi connectivity index (χ2v) is 9.70. The molecule has 26 heavy (non-hydrogen) atoms. The Morgan fingerprint density at radius 2 is 1.81 bits per heavy atom. The highest BCUT2D eigenvalue weighted by Gasteiger charge is 2.43. The van der Waals surface area contributed by atoms with Gasteiger partial charge in [0, 0.05) is 13.1 Å². The molecule has 2 aromatic rings. The summed E-state index contributed by atoms with van der Waals surface area (Å²) in [6.07, 6.45) is 2.85. The van der Waals surface area contributed by atoms with E-state index in [4.69, 9.17) is 0 Å². The van der Waals surface area contributed by atoms with Gasteiger partial charge in [0.05, 0.1) is 21.5 Å². The van der Waals surface area contributed by atoms with E-state index in [2.05, 4.69) is 9.88 Å². The van der Waals surface area contributed by atoms with Crippen molar-refractivity contribution in [3.05, 3.63) is 54.4 Å². The third-order valence-electron chi connectivity index (χ3n) is 5.35. The maximum absolute atomic E-state index is 13.5. The first-order valence-electron chi connectivity index (χ1n) is 8.58. The van der Waals surface area contributed by atoms with Gasteiger partial charge in [-0.15, -0.1) is 0 Å². The summed E-state index contributed by atoms with van der Waals surface area (Å²) >= 11 is 0. The fourth-order valence-electron chi connectivity index (χ4n) is 3.55. The Hall–Kier alpha value is -2.02. The molecule has 1 aliphatic heterocycles. The fraction of sp³-hybridized carbons (Fsp3) is 0.421. The van der Waals surface area contributed by atoms with E-state index in [9.17, 15) is 17.2 Å². The molecule has 4 nitrogen and oxygen atoms in total. The van der Waals surface area contributed by atoms with Crippen molar-refractivity contribution in [2.24, 2.45) is 5.92 Å². The number of halogens is 2. The standard InChI is InChI=1S/C19H22F2N2O2S/c1-19(2,26(24,25)17-5-3-4-15(20)12-17)14-8-10-23(11-9-14)16-6-7-18(21)22-13-16/h3-7,12-14H,8-11H2,1-2H3. The number of nitrogens with zero attached hydrogens (tertiary/aromatic N) is 2. The molecular formula is C19H22F2N2O2S. The Labute approximate surface area is 152 Å². The molecule has 7 heteroatoms. The number of sulfone groups is 1. The lowest BCUT2D eigenvalue weighted by Gasteiger charge is -2.40. The number of hydrogen-bond acceptors (Lipinski definition) is 4. The van der Waals surface area contributed by atoms with Gasteiger partial charge in [0.25, 0.3) is 0 Å². The summed E-state index contributed by atoms with van der Waals surface area (Å²) in [6, 6.07) is 8.18. The Morgan fingerprint density at radius 3 is 2.38 bits per heavy atom. The highest BCUT2D eigenvalue weighted by atomic mass is 32.2. The highest BCUT2D eigenvalue weighted by Crippen LogP contribution is 2.38. The molecule has 0 atom stereocenters. The van der Waals surface area contributed by atoms with Crippen molar-refractivity contribution < 1.29 is 17.2 Å². The first-order valence-corrected chi connectivity index (χ1v) is 10.1. The van der Waals surface area contributed by atoms with Gasteiger partial charge in [0.1, 0.15) is 5.82 Å². The number of aromatic nitrogens is 1. The van der Waals surface area contributed by atoms with Crippen LogP contribution in [0.4, 0.5) is 14.5 Å². The smallest absolute Gasteiger partial charge is 0.212 e. The van der Waals surface area contributed by atoms with Gasteiger partial charge >= 0.3 is 0 Å². The molecule has 1 saturated heterocycles. The second kappa shape index (κ2) is 6.95. The van der Waals surface area contributed by atoms with Crippen LogP contribution in [-0.2, 0) is 9.84 Å². The lowest BCUT2D eigenvalue weighted by atomic mass is 9.85. The van der Waals surface area contributed by atoms with E-state index in [0.29, 0.717) is 25.9 Å². The third-order valence-corrected chi connectivity index (χ3v) is 7.95. The van der Waals surface area contributed by atoms with Gasteiger partial charge in [-0.2, -0.15) is 4.39 Å². The van der Waals surface area contributed by atoms with E-state index >= 15 is 0 Å². The lowest BCUT2D eigenvalue weighted by molar-refractivity contribution is 0.324. The average molecular weight is 380 g/mol. The van der Waals surface area contributed by atoms with E-state index in [0.717, 1.165) is 11.8 Å². The predicted molar refractivity (Wildman–Crippen MR) is 96.8 cm³/mol. The zero-order chi connectivity index (χ0) is 18.9. The molecule has 1 aromatic carbocycles. The molecule has 0 bridgehead atoms. The summed E-state index contributed by atoms with van der Waals surface area (Å²) < 4.78 is 51.6. The van der Waals surface area contributed by atoms with Crippen LogP contribution in [-0.4, -0.2) is 31.2 Å². The summed E-state index contributed by atoms with van der Waals surface area (Å²) in [5.41, 5.74) is 0.829. The SMILES string of the molecule is CC(C)(C1CCN(c2ccc(F)nc2)CC1)S(=O)(=O)c1cccc(F)c1. The molecule has 2 heterocycles. The van der Waals surface area contributed by atoms with Crippen molar-refractivity contribution >= 4 is 15.5 Å². The van der Waals surface area contributed by atoms with Crippen LogP contribution < -0.4 is 4.90 Å². The zero-order valence-corrected chi connectivity index (χ0v) is 15.6. The third kappa shape index (κ3) is 3.45. The minimum Gasteiger partial charge on any atom is -0.370 e. The number of hydrogen-bond donors (Lipinski definition) is 0. The number of piperidine rings is 1. The Balaban J connectivity index is 1.76. The average Bonchev–Trinajstić information content (AvgIpc) is 2.62. The summed E-state index contributed by atoms with van der Waals surface area (Å²) in [5, 5.41) is 0. The van der Waals surface area contributed by atoms with Gasteiger partial charge in [-0.1, -0.05) is 6.07 Å². The van der Waals surface area contributed by atoms with E-state index in [1.807, 2.05) is 0 Å². The normalized spacial score (nSPS) is 16.7. The van der Waals surface area contributed by atoms with Gasteiger partial charge in [-0.25, -0.2) is 17.8 Å². The first kappa shape index (κ1) is 18.8. The summed E-state index contributed by atoms with van der Waals surface area (Å²) in [5.74, 6) is -1.13. The van der Waals surface area contributed by atoms with Crippen molar-refractivity contribution in [2.45, 2.75) is 36.3 Å². The van der Waals surface area contributed by atoms with Crippen LogP contribution in [0.3, 0.4) is 0 Å². The molecule has 0 spiro atoms. The summed E-state index contributed by atoms with van der Waals surface area (Å²) in [4.78, 5) is 5.77. The van der Waals surface area contributed by atoms with Gasteiger partial charge in [-0.05, 0) is 62.9 Å². The monoisotopic (exact) mass is 380 g/mol. The van der Waals surface area contributed by atoms with Crippen LogP contribution in [0, 0.1) is 17.7 Å². The summed E-state index contributed by atoms with van der Waals surface area (Å²) in [6.45, 7) is 4.76. The molecule has 0 radical (unpaired) electrons. The highest BCUT2D eigenvalue weighted by molar-refractivity contribution is 7.92. The maximum Gasteiger partial charge on any atom is 0.212 e. The zero-order valence-electron chi connectivity index (χ0n) is 14.8. The van der Waals surface area contributed by atoms with Gasteiger partial charge < -0.3 is 4.90 Å². The molecule has 0 aliphatic carbocycles. The number of anilines is 1. The lowest BCUT2D eigenvalue weighted by Crippen LogP contribution is -2.46. The van der Waals surface area contributed by atoms with Crippen LogP contribution in [0.15, 0.2) is 47.5 Å². The molecular weight excluding hydrogens is 358 g/mol. The van der Waals surface area contributed by atoms with Gasteiger partial charge in [0.2, 0.25) is 5.95 Å². The molecule has 0 saturated carbocycles. The molecule has 0 unspecified atom stereocenters.